The zero-order chi connectivity index (χ0) is 21.4. The molecule has 0 bridgehead atoms. The fourth-order valence-corrected chi connectivity index (χ4v) is 3.79. The maximum Gasteiger partial charge on any atom is 0.248 e. The predicted molar refractivity (Wildman–Crippen MR) is 113 cm³/mol. The minimum atomic E-state index is -0.616. The number of aryl methyl sites for hydroxylation is 1. The van der Waals surface area contributed by atoms with E-state index < -0.39 is 11.9 Å². The summed E-state index contributed by atoms with van der Waals surface area (Å²) >= 11 is 0. The monoisotopic (exact) mass is 405 g/mol. The molecule has 0 unspecified atom stereocenters. The molecule has 0 fully saturated rings. The average molecular weight is 405 g/mol. The van der Waals surface area contributed by atoms with Gasteiger partial charge in [0.25, 0.3) is 0 Å². The highest BCUT2D eigenvalue weighted by Crippen LogP contribution is 2.42. The van der Waals surface area contributed by atoms with Crippen LogP contribution in [-0.4, -0.2) is 34.9 Å². The number of para-hydroxylation sites is 1. The van der Waals surface area contributed by atoms with E-state index in [-0.39, 0.29) is 0 Å². The van der Waals surface area contributed by atoms with Gasteiger partial charge in [0, 0.05) is 16.8 Å². The van der Waals surface area contributed by atoms with Crippen LogP contribution in [0.15, 0.2) is 53.7 Å². The van der Waals surface area contributed by atoms with E-state index in [2.05, 4.69) is 10.3 Å². The van der Waals surface area contributed by atoms with Gasteiger partial charge in [0.15, 0.2) is 17.3 Å². The number of nitrogens with one attached hydrogen (secondary N) is 1. The lowest BCUT2D eigenvalue weighted by Crippen LogP contribution is -2.32. The summed E-state index contributed by atoms with van der Waals surface area (Å²) in [6, 6.07) is 12.8. The number of allylic oxidation sites excluding steroid dienone is 1. The Hall–Kier alpha value is -3.81. The first-order valence-electron chi connectivity index (χ1n) is 9.46. The molecule has 2 heterocycles. The van der Waals surface area contributed by atoms with Gasteiger partial charge in [-0.3, -0.25) is 4.79 Å². The molecule has 0 saturated carbocycles. The molecule has 0 saturated heterocycles. The van der Waals surface area contributed by atoms with Crippen molar-refractivity contribution in [3.8, 4) is 22.9 Å². The fraction of sp³-hybridized carbons (Fsp3) is 0.227. The standard InChI is InChI=1S/C22H23N5O3/c1-12-7-5-8-14(11-12)21-25-22-24-13(2)17(20(23)28)18(27(22)26-21)15-9-6-10-16(29-3)19(15)30-4/h5-11,18H,1-4H3,(H2,23,28)(H,24,25,26)/t18-/m1/s1. The summed E-state index contributed by atoms with van der Waals surface area (Å²) in [6.07, 6.45) is 0. The van der Waals surface area contributed by atoms with E-state index in [4.69, 9.17) is 20.3 Å². The Bertz CT molecular complexity index is 1170. The second kappa shape index (κ2) is 7.55. The van der Waals surface area contributed by atoms with Crippen LogP contribution in [-0.2, 0) is 4.79 Å². The molecule has 4 rings (SSSR count). The molecule has 1 aliphatic heterocycles. The molecule has 0 aliphatic carbocycles. The van der Waals surface area contributed by atoms with Crippen molar-refractivity contribution in [3.63, 3.8) is 0 Å². The Morgan fingerprint density at radius 2 is 1.90 bits per heavy atom. The number of primary amides is 1. The molecule has 3 N–H and O–H groups in total. The molecule has 1 aromatic heterocycles. The van der Waals surface area contributed by atoms with Crippen LogP contribution < -0.4 is 20.5 Å². The molecule has 8 nitrogen and oxygen atoms in total. The quantitative estimate of drug-likeness (QED) is 0.676. The lowest BCUT2D eigenvalue weighted by Gasteiger charge is -2.29. The van der Waals surface area contributed by atoms with Gasteiger partial charge in [-0.15, -0.1) is 5.10 Å². The van der Waals surface area contributed by atoms with Gasteiger partial charge in [-0.1, -0.05) is 35.9 Å². The second-order valence-corrected chi connectivity index (χ2v) is 7.09. The minimum Gasteiger partial charge on any atom is -0.493 e. The highest BCUT2D eigenvalue weighted by Gasteiger charge is 2.35. The lowest BCUT2D eigenvalue weighted by atomic mass is 9.94. The van der Waals surface area contributed by atoms with Crippen molar-refractivity contribution in [2.24, 2.45) is 5.73 Å². The van der Waals surface area contributed by atoms with Crippen LogP contribution in [0.1, 0.15) is 24.1 Å². The van der Waals surface area contributed by atoms with Gasteiger partial charge < -0.3 is 20.5 Å². The normalized spacial score (nSPS) is 15.4. The first kappa shape index (κ1) is 19.5. The predicted octanol–water partition coefficient (Wildman–Crippen LogP) is 3.04. The van der Waals surface area contributed by atoms with Crippen molar-refractivity contribution in [2.75, 3.05) is 19.5 Å². The van der Waals surface area contributed by atoms with Crippen molar-refractivity contribution in [3.05, 3.63) is 64.9 Å². The summed E-state index contributed by atoms with van der Waals surface area (Å²) in [5, 5.41) is 7.88. The van der Waals surface area contributed by atoms with E-state index >= 15 is 0 Å². The lowest BCUT2D eigenvalue weighted by molar-refractivity contribution is -0.115. The van der Waals surface area contributed by atoms with Crippen LogP contribution in [0.3, 0.4) is 0 Å². The Morgan fingerprint density at radius 1 is 1.13 bits per heavy atom. The number of nitrogens with two attached hydrogens (primary N) is 1. The molecule has 154 valence electrons. The number of amides is 1. The van der Waals surface area contributed by atoms with Crippen LogP contribution >= 0.6 is 0 Å². The smallest absolute Gasteiger partial charge is 0.248 e. The summed E-state index contributed by atoms with van der Waals surface area (Å²) in [6.45, 7) is 3.81. The summed E-state index contributed by atoms with van der Waals surface area (Å²) in [4.78, 5) is 17.1. The van der Waals surface area contributed by atoms with E-state index in [1.165, 1.54) is 0 Å². The van der Waals surface area contributed by atoms with Gasteiger partial charge in [0.2, 0.25) is 11.9 Å². The number of ether oxygens (including phenoxy) is 2. The summed E-state index contributed by atoms with van der Waals surface area (Å²) in [5.41, 5.74) is 9.46. The molecule has 8 heteroatoms. The molecular weight excluding hydrogens is 382 g/mol. The molecule has 1 aliphatic rings. The second-order valence-electron chi connectivity index (χ2n) is 7.09. The SMILES string of the molecule is COc1cccc([C@@H]2C(C(N)=O)=C(C)Nc3nc(-c4cccc(C)c4)nn32)c1OC. The molecule has 1 atom stereocenters. The number of rotatable bonds is 5. The highest BCUT2D eigenvalue weighted by molar-refractivity contribution is 5.95. The van der Waals surface area contributed by atoms with Crippen LogP contribution in [0.5, 0.6) is 11.5 Å². The van der Waals surface area contributed by atoms with Crippen LogP contribution in [0.4, 0.5) is 5.95 Å². The van der Waals surface area contributed by atoms with Gasteiger partial charge >= 0.3 is 0 Å². The van der Waals surface area contributed by atoms with Crippen LogP contribution in [0.25, 0.3) is 11.4 Å². The zero-order valence-electron chi connectivity index (χ0n) is 17.3. The molecule has 2 aromatic carbocycles. The molecule has 0 radical (unpaired) electrons. The first-order valence-corrected chi connectivity index (χ1v) is 9.46. The molecule has 0 spiro atoms. The Morgan fingerprint density at radius 3 is 2.57 bits per heavy atom. The van der Waals surface area contributed by atoms with Crippen molar-refractivity contribution < 1.29 is 14.3 Å². The Kier molecular flexibility index (Phi) is 4.91. The third-order valence-electron chi connectivity index (χ3n) is 5.12. The number of hydrogen-bond donors (Lipinski definition) is 2. The van der Waals surface area contributed by atoms with Crippen molar-refractivity contribution in [2.45, 2.75) is 19.9 Å². The maximum absolute atomic E-state index is 12.4. The molecule has 1 amide bonds. The van der Waals surface area contributed by atoms with E-state index in [0.29, 0.717) is 40.1 Å². The molecular formula is C22H23N5O3. The van der Waals surface area contributed by atoms with Crippen molar-refractivity contribution >= 4 is 11.9 Å². The maximum atomic E-state index is 12.4. The summed E-state index contributed by atoms with van der Waals surface area (Å²) in [5.74, 6) is 1.58. The van der Waals surface area contributed by atoms with Crippen molar-refractivity contribution in [1.82, 2.24) is 14.8 Å². The number of fused-ring (bicyclic) bond motifs is 1. The number of aromatic nitrogens is 3. The largest absolute Gasteiger partial charge is 0.493 e. The van der Waals surface area contributed by atoms with Gasteiger partial charge in [-0.05, 0) is 26.0 Å². The van der Waals surface area contributed by atoms with E-state index in [1.54, 1.807) is 31.9 Å². The van der Waals surface area contributed by atoms with E-state index in [1.807, 2.05) is 43.3 Å². The van der Waals surface area contributed by atoms with Gasteiger partial charge in [-0.2, -0.15) is 4.98 Å². The number of benzene rings is 2. The summed E-state index contributed by atoms with van der Waals surface area (Å²) in [7, 11) is 3.13. The number of carbonyl (C=O) groups is 1. The highest BCUT2D eigenvalue weighted by atomic mass is 16.5. The van der Waals surface area contributed by atoms with Crippen LogP contribution in [0.2, 0.25) is 0 Å². The third-order valence-corrected chi connectivity index (χ3v) is 5.12. The number of nitrogens with zero attached hydrogens (tertiary/aromatic N) is 3. The number of carbonyl (C=O) groups excluding carboxylic acids is 1. The average Bonchev–Trinajstić information content (AvgIpc) is 3.15. The molecule has 30 heavy (non-hydrogen) atoms. The van der Waals surface area contributed by atoms with Gasteiger partial charge in [-0.25, -0.2) is 4.68 Å². The summed E-state index contributed by atoms with van der Waals surface area (Å²) < 4.78 is 12.7. The van der Waals surface area contributed by atoms with Crippen molar-refractivity contribution in [1.29, 1.82) is 0 Å². The van der Waals surface area contributed by atoms with E-state index in [0.717, 1.165) is 11.1 Å². The zero-order valence-corrected chi connectivity index (χ0v) is 17.3. The fourth-order valence-electron chi connectivity index (χ4n) is 3.79. The number of anilines is 1. The Balaban J connectivity index is 1.94. The van der Waals surface area contributed by atoms with E-state index in [9.17, 15) is 4.79 Å². The number of hydrogen-bond acceptors (Lipinski definition) is 6. The topological polar surface area (TPSA) is 104 Å². The minimum absolute atomic E-state index is 0.384. The first-order chi connectivity index (χ1) is 14.4. The Labute approximate surface area is 174 Å². The van der Waals surface area contributed by atoms with Crippen LogP contribution in [0, 0.1) is 6.92 Å². The number of methoxy groups -OCH3 is 2. The third kappa shape index (κ3) is 3.16. The molecule has 3 aromatic rings. The van der Waals surface area contributed by atoms with Gasteiger partial charge in [0.05, 0.1) is 19.8 Å². The van der Waals surface area contributed by atoms with Gasteiger partial charge in [0.1, 0.15) is 6.04 Å².